The topological polar surface area (TPSA) is 115 Å². The van der Waals surface area contributed by atoms with Gasteiger partial charge in [-0.3, -0.25) is 9.97 Å². The number of aromatic nitrogens is 6. The van der Waals surface area contributed by atoms with Crippen LogP contribution < -0.4 is 0 Å². The third-order valence-corrected chi connectivity index (χ3v) is 10.6. The van der Waals surface area contributed by atoms with Gasteiger partial charge in [-0.25, -0.2) is 24.7 Å². The van der Waals surface area contributed by atoms with Crippen LogP contribution in [0.1, 0.15) is 10.4 Å². The van der Waals surface area contributed by atoms with E-state index >= 15 is 0 Å². The average molecular weight is 733 g/mol. The van der Waals surface area contributed by atoms with Crippen LogP contribution in [0.15, 0.2) is 164 Å². The first kappa shape index (κ1) is 32.5. The molecule has 1 N–H and O–H groups in total. The number of aromatic carboxylic acids is 1. The number of carboxylic acids is 1. The molecule has 6 heterocycles. The minimum atomic E-state index is -1.03. The molecule has 0 bridgehead atoms. The van der Waals surface area contributed by atoms with Gasteiger partial charge in [0.05, 0.1) is 61.4 Å². The van der Waals surface area contributed by atoms with Gasteiger partial charge in [0.2, 0.25) is 0 Å². The van der Waals surface area contributed by atoms with Gasteiger partial charge < -0.3 is 5.11 Å². The molecular formula is C49H28N6O2. The molecule has 11 aromatic rings. The predicted octanol–water partition coefficient (Wildman–Crippen LogP) is 11.3. The van der Waals surface area contributed by atoms with E-state index in [9.17, 15) is 9.90 Å². The van der Waals surface area contributed by atoms with E-state index in [1.807, 2.05) is 84.9 Å². The number of carbonyl (C=O) groups is 1. The molecule has 57 heavy (non-hydrogen) atoms. The normalized spacial score (nSPS) is 11.6. The smallest absolute Gasteiger partial charge is 0.335 e. The zero-order valence-corrected chi connectivity index (χ0v) is 30.1. The first-order valence-corrected chi connectivity index (χ1v) is 18.5. The van der Waals surface area contributed by atoms with E-state index in [-0.39, 0.29) is 5.56 Å². The quantitative estimate of drug-likeness (QED) is 0.174. The number of pyridine rings is 6. The Morgan fingerprint density at radius 1 is 0.351 bits per heavy atom. The molecule has 0 saturated carbocycles. The highest BCUT2D eigenvalue weighted by Gasteiger charge is 2.15. The molecule has 0 aliphatic carbocycles. The monoisotopic (exact) mass is 732 g/mol. The first-order valence-electron chi connectivity index (χ1n) is 18.5. The summed E-state index contributed by atoms with van der Waals surface area (Å²) in [5, 5.41) is 16.1. The summed E-state index contributed by atoms with van der Waals surface area (Å²) in [6, 6.07) is 49.8. The Hall–Kier alpha value is -7.97. The average Bonchev–Trinajstić information content (AvgIpc) is 3.28. The van der Waals surface area contributed by atoms with E-state index in [1.54, 1.807) is 24.5 Å². The number of benzene rings is 5. The number of carboxylic acid groups (broad SMARTS) is 1. The van der Waals surface area contributed by atoms with Gasteiger partial charge in [0.25, 0.3) is 0 Å². The summed E-state index contributed by atoms with van der Waals surface area (Å²) in [4.78, 5) is 42.1. The van der Waals surface area contributed by atoms with E-state index in [4.69, 9.17) is 19.9 Å². The Balaban J connectivity index is 1.01. The highest BCUT2D eigenvalue weighted by Crippen LogP contribution is 2.34. The van der Waals surface area contributed by atoms with E-state index < -0.39 is 5.97 Å². The lowest BCUT2D eigenvalue weighted by molar-refractivity contribution is 0.0697. The molecule has 0 aliphatic rings. The summed E-state index contributed by atoms with van der Waals surface area (Å²) in [5.74, 6) is -1.03. The van der Waals surface area contributed by atoms with Gasteiger partial charge in [-0.1, -0.05) is 91.0 Å². The van der Waals surface area contributed by atoms with E-state index in [1.165, 1.54) is 0 Å². The van der Waals surface area contributed by atoms with Crippen LogP contribution in [-0.2, 0) is 0 Å². The predicted molar refractivity (Wildman–Crippen MR) is 227 cm³/mol. The lowest BCUT2D eigenvalue weighted by Gasteiger charge is -2.11. The van der Waals surface area contributed by atoms with Gasteiger partial charge in [-0.05, 0) is 60.7 Å². The van der Waals surface area contributed by atoms with Crippen LogP contribution in [0.3, 0.4) is 0 Å². The molecule has 11 rings (SSSR count). The highest BCUT2D eigenvalue weighted by molar-refractivity contribution is 6.06. The number of hydrogen-bond donors (Lipinski definition) is 1. The van der Waals surface area contributed by atoms with Crippen LogP contribution in [0.25, 0.3) is 110 Å². The number of nitrogens with zero attached hydrogens (tertiary/aromatic N) is 6. The van der Waals surface area contributed by atoms with Crippen molar-refractivity contribution in [3.05, 3.63) is 170 Å². The summed E-state index contributed by atoms with van der Waals surface area (Å²) < 4.78 is 0. The minimum Gasteiger partial charge on any atom is -0.478 e. The Kier molecular flexibility index (Phi) is 7.30. The fourth-order valence-electron chi connectivity index (χ4n) is 7.74. The molecule has 8 heteroatoms. The Morgan fingerprint density at radius 3 is 1.09 bits per heavy atom. The van der Waals surface area contributed by atoms with Crippen molar-refractivity contribution < 1.29 is 9.90 Å². The summed E-state index contributed by atoms with van der Waals surface area (Å²) in [7, 11) is 0. The first-order chi connectivity index (χ1) is 28.0. The van der Waals surface area contributed by atoms with Crippen molar-refractivity contribution >= 4 is 71.4 Å². The van der Waals surface area contributed by atoms with Gasteiger partial charge >= 0.3 is 5.97 Å². The number of hydrogen-bond acceptors (Lipinski definition) is 7. The van der Waals surface area contributed by atoms with Crippen molar-refractivity contribution in [1.82, 2.24) is 29.9 Å². The van der Waals surface area contributed by atoms with Gasteiger partial charge in [0.15, 0.2) is 0 Å². The second kappa shape index (κ2) is 12.8. The molecule has 6 aromatic heterocycles. The molecule has 5 aromatic carbocycles. The third-order valence-electron chi connectivity index (χ3n) is 10.6. The summed E-state index contributed by atoms with van der Waals surface area (Å²) in [5.41, 5.74) is 11.1. The van der Waals surface area contributed by atoms with Gasteiger partial charge in [0, 0.05) is 67.0 Å². The third kappa shape index (κ3) is 5.58. The Morgan fingerprint density at radius 2 is 0.684 bits per heavy atom. The fraction of sp³-hybridized carbons (Fsp3) is 0. The minimum absolute atomic E-state index is 0.144. The summed E-state index contributed by atoms with van der Waals surface area (Å²) >= 11 is 0. The maximum Gasteiger partial charge on any atom is 0.335 e. The Labute approximate surface area is 324 Å². The molecular weight excluding hydrogens is 705 g/mol. The second-order valence-electron chi connectivity index (χ2n) is 14.1. The van der Waals surface area contributed by atoms with E-state index in [0.29, 0.717) is 22.5 Å². The summed E-state index contributed by atoms with van der Waals surface area (Å²) in [6.07, 6.45) is 3.56. The number of rotatable bonds is 5. The van der Waals surface area contributed by atoms with Crippen molar-refractivity contribution in [2.45, 2.75) is 0 Å². The molecule has 0 spiro atoms. The zero-order chi connectivity index (χ0) is 38.0. The van der Waals surface area contributed by atoms with Gasteiger partial charge in [0.1, 0.15) is 0 Å². The van der Waals surface area contributed by atoms with Gasteiger partial charge in [-0.2, -0.15) is 0 Å². The van der Waals surface area contributed by atoms with Crippen LogP contribution >= 0.6 is 0 Å². The van der Waals surface area contributed by atoms with Crippen molar-refractivity contribution in [3.63, 3.8) is 0 Å². The maximum atomic E-state index is 12.5. The standard InChI is InChI=1S/C49H28N6O2/c56-49(57)38-26-36(41-20-16-31-11-9-29-7-3-23-51-44(29)46(31)54-41)25-37(27-38)42-21-17-33-13-12-32-15-19-40(53-47(32)48(33)55-42)35-5-1-4-34(24-35)39-18-14-30-10-8-28-6-2-22-50-43(28)45(30)52-39/h1-27H,(H,56,57). The molecule has 0 aliphatic heterocycles. The van der Waals surface area contributed by atoms with Crippen LogP contribution in [0.2, 0.25) is 0 Å². The molecule has 0 fully saturated rings. The van der Waals surface area contributed by atoms with E-state index in [2.05, 4.69) is 64.6 Å². The van der Waals surface area contributed by atoms with Crippen molar-refractivity contribution in [1.29, 1.82) is 0 Å². The molecule has 0 amide bonds. The highest BCUT2D eigenvalue weighted by atomic mass is 16.4. The SMILES string of the molecule is O=C(O)c1cc(-c2ccc3ccc4cccnc4c3n2)cc(-c2ccc3ccc4ccc(-c5cccc(-c6ccc7ccc8cccnc8c7n6)c5)nc4c3n2)c1. The molecule has 8 nitrogen and oxygen atoms in total. The van der Waals surface area contributed by atoms with Crippen LogP contribution in [0.5, 0.6) is 0 Å². The second-order valence-corrected chi connectivity index (χ2v) is 14.1. The van der Waals surface area contributed by atoms with Crippen LogP contribution in [0, 0.1) is 0 Å². The van der Waals surface area contributed by atoms with Crippen molar-refractivity contribution in [2.75, 3.05) is 0 Å². The zero-order valence-electron chi connectivity index (χ0n) is 30.1. The van der Waals surface area contributed by atoms with Crippen molar-refractivity contribution in [3.8, 4) is 45.0 Å². The molecule has 0 unspecified atom stereocenters. The maximum absolute atomic E-state index is 12.5. The van der Waals surface area contributed by atoms with Crippen molar-refractivity contribution in [2.24, 2.45) is 0 Å². The molecule has 0 atom stereocenters. The summed E-state index contributed by atoms with van der Waals surface area (Å²) in [6.45, 7) is 0. The van der Waals surface area contributed by atoms with Crippen LogP contribution in [-0.4, -0.2) is 41.0 Å². The largest absolute Gasteiger partial charge is 0.478 e. The molecule has 266 valence electrons. The lowest BCUT2D eigenvalue weighted by atomic mass is 9.99. The van der Waals surface area contributed by atoms with Crippen LogP contribution in [0.4, 0.5) is 0 Å². The van der Waals surface area contributed by atoms with E-state index in [0.717, 1.165) is 87.9 Å². The fourth-order valence-corrected chi connectivity index (χ4v) is 7.74. The lowest BCUT2D eigenvalue weighted by Crippen LogP contribution is -1.99. The van der Waals surface area contributed by atoms with Gasteiger partial charge in [-0.15, -0.1) is 0 Å². The number of fused-ring (bicyclic) bond motifs is 9. The Bertz CT molecular complexity index is 3470. The molecule has 0 radical (unpaired) electrons. The molecule has 0 saturated heterocycles.